The fourth-order valence-corrected chi connectivity index (χ4v) is 2.69. The molecule has 0 bridgehead atoms. The van der Waals surface area contributed by atoms with Crippen molar-refractivity contribution in [1.29, 1.82) is 0 Å². The van der Waals surface area contributed by atoms with Gasteiger partial charge >= 0.3 is 0 Å². The summed E-state index contributed by atoms with van der Waals surface area (Å²) in [6.07, 6.45) is 1.33. The third kappa shape index (κ3) is 3.55. The number of phenols is 1. The van der Waals surface area contributed by atoms with Gasteiger partial charge in [-0.05, 0) is 40.2 Å². The lowest BCUT2D eigenvalue weighted by Gasteiger charge is -2.04. The van der Waals surface area contributed by atoms with Gasteiger partial charge in [0, 0.05) is 16.1 Å². The molecule has 0 aliphatic rings. The van der Waals surface area contributed by atoms with Crippen LogP contribution in [-0.2, 0) is 0 Å². The van der Waals surface area contributed by atoms with Gasteiger partial charge in [-0.1, -0.05) is 15.9 Å². The molecule has 0 unspecified atom stereocenters. The van der Waals surface area contributed by atoms with Crippen LogP contribution in [0.4, 0.5) is 14.5 Å². The van der Waals surface area contributed by atoms with Crippen molar-refractivity contribution in [2.45, 2.75) is 0 Å². The minimum atomic E-state index is -0.748. The minimum Gasteiger partial charge on any atom is -0.506 e. The molecular weight excluding hydrogens is 398 g/mol. The topological polar surface area (TPSA) is 44.6 Å². The van der Waals surface area contributed by atoms with Crippen LogP contribution in [0.2, 0.25) is 0 Å². The number of anilines is 1. The van der Waals surface area contributed by atoms with Crippen LogP contribution in [0.25, 0.3) is 0 Å². The average molecular weight is 406 g/mol. The fourth-order valence-electron chi connectivity index (χ4n) is 1.44. The van der Waals surface area contributed by atoms with Crippen molar-refractivity contribution in [2.75, 3.05) is 5.43 Å². The number of benzene rings is 2. The first-order valence-electron chi connectivity index (χ1n) is 5.39. The Morgan fingerprint density at radius 3 is 2.60 bits per heavy atom. The number of phenolic OH excluding ortho intramolecular Hbond substituents is 1. The van der Waals surface area contributed by atoms with Crippen LogP contribution in [0, 0.1) is 11.6 Å². The Labute approximate surface area is 130 Å². The normalized spacial score (nSPS) is 11.0. The van der Waals surface area contributed by atoms with Gasteiger partial charge in [0.15, 0.2) is 5.82 Å². The van der Waals surface area contributed by atoms with Crippen molar-refractivity contribution in [3.05, 3.63) is 56.5 Å². The molecule has 0 aliphatic heterocycles. The quantitative estimate of drug-likeness (QED) is 0.577. The first-order chi connectivity index (χ1) is 9.47. The van der Waals surface area contributed by atoms with E-state index in [4.69, 9.17) is 0 Å². The predicted molar refractivity (Wildman–Crippen MR) is 81.1 cm³/mol. The van der Waals surface area contributed by atoms with E-state index in [1.807, 2.05) is 0 Å². The summed E-state index contributed by atoms with van der Waals surface area (Å²) in [4.78, 5) is 0. The molecule has 0 saturated carbocycles. The fraction of sp³-hybridized carbons (Fsp3) is 0. The van der Waals surface area contributed by atoms with Gasteiger partial charge in [0.25, 0.3) is 0 Å². The van der Waals surface area contributed by atoms with Crippen molar-refractivity contribution in [2.24, 2.45) is 5.10 Å². The highest BCUT2D eigenvalue weighted by Crippen LogP contribution is 2.30. The molecule has 0 spiro atoms. The van der Waals surface area contributed by atoms with E-state index in [0.29, 0.717) is 10.0 Å². The standard InChI is InChI=1S/C13H8Br2F2N2O/c14-8-3-7(13(20)10(15)4-8)6-18-19-12-2-1-9(16)5-11(12)17/h1-6,19-20H. The van der Waals surface area contributed by atoms with E-state index in [0.717, 1.165) is 16.6 Å². The highest BCUT2D eigenvalue weighted by atomic mass is 79.9. The minimum absolute atomic E-state index is 0.0123. The number of nitrogens with one attached hydrogen (secondary N) is 1. The molecule has 2 aromatic carbocycles. The highest BCUT2D eigenvalue weighted by Gasteiger charge is 2.06. The summed E-state index contributed by atoms with van der Waals surface area (Å²) in [5.41, 5.74) is 2.91. The molecule has 104 valence electrons. The summed E-state index contributed by atoms with van der Waals surface area (Å²) >= 11 is 6.47. The van der Waals surface area contributed by atoms with E-state index in [2.05, 4.69) is 42.4 Å². The van der Waals surface area contributed by atoms with Crippen LogP contribution in [0.5, 0.6) is 5.75 Å². The molecule has 0 saturated heterocycles. The number of halogens is 4. The molecule has 0 heterocycles. The number of nitrogens with zero attached hydrogens (tertiary/aromatic N) is 1. The molecule has 2 aromatic rings. The zero-order chi connectivity index (χ0) is 14.7. The number of aromatic hydroxyl groups is 1. The molecule has 0 fully saturated rings. The van der Waals surface area contributed by atoms with Crippen LogP contribution in [0.3, 0.4) is 0 Å². The Balaban J connectivity index is 2.18. The van der Waals surface area contributed by atoms with Gasteiger partial charge in [0.05, 0.1) is 16.4 Å². The Bertz CT molecular complexity index is 678. The lowest BCUT2D eigenvalue weighted by atomic mass is 10.2. The third-order valence-electron chi connectivity index (χ3n) is 2.38. The van der Waals surface area contributed by atoms with E-state index >= 15 is 0 Å². The maximum atomic E-state index is 13.3. The summed E-state index contributed by atoms with van der Waals surface area (Å²) in [5.74, 6) is -1.40. The van der Waals surface area contributed by atoms with Gasteiger partial charge in [-0.2, -0.15) is 5.10 Å². The van der Waals surface area contributed by atoms with Crippen LogP contribution >= 0.6 is 31.9 Å². The zero-order valence-electron chi connectivity index (χ0n) is 9.87. The maximum Gasteiger partial charge on any atom is 0.151 e. The van der Waals surface area contributed by atoms with Crippen molar-refractivity contribution in [1.82, 2.24) is 0 Å². The molecule has 2 rings (SSSR count). The average Bonchev–Trinajstić information content (AvgIpc) is 2.37. The van der Waals surface area contributed by atoms with E-state index in [-0.39, 0.29) is 11.4 Å². The smallest absolute Gasteiger partial charge is 0.151 e. The predicted octanol–water partition coefficient (Wildman–Crippen LogP) is 4.64. The third-order valence-corrected chi connectivity index (χ3v) is 3.44. The van der Waals surface area contributed by atoms with E-state index < -0.39 is 11.6 Å². The molecule has 7 heteroatoms. The van der Waals surface area contributed by atoms with Crippen LogP contribution in [0.15, 0.2) is 44.4 Å². The largest absolute Gasteiger partial charge is 0.506 e. The van der Waals surface area contributed by atoms with Crippen LogP contribution < -0.4 is 5.43 Å². The molecule has 20 heavy (non-hydrogen) atoms. The number of hydrazone groups is 1. The van der Waals surface area contributed by atoms with Crippen molar-refractivity contribution in [3.63, 3.8) is 0 Å². The first kappa shape index (κ1) is 14.9. The first-order valence-corrected chi connectivity index (χ1v) is 6.98. The Kier molecular flexibility index (Phi) is 4.72. The molecule has 0 aliphatic carbocycles. The molecule has 0 amide bonds. The maximum absolute atomic E-state index is 13.3. The highest BCUT2D eigenvalue weighted by molar-refractivity contribution is 9.11. The summed E-state index contributed by atoms with van der Waals surface area (Å²) < 4.78 is 27.3. The van der Waals surface area contributed by atoms with Gasteiger partial charge in [0.2, 0.25) is 0 Å². The number of rotatable bonds is 3. The summed E-state index contributed by atoms with van der Waals surface area (Å²) in [6, 6.07) is 6.43. The summed E-state index contributed by atoms with van der Waals surface area (Å²) in [6.45, 7) is 0. The second-order valence-electron chi connectivity index (χ2n) is 3.82. The van der Waals surface area contributed by atoms with Gasteiger partial charge in [-0.25, -0.2) is 8.78 Å². The number of hydrogen-bond acceptors (Lipinski definition) is 3. The van der Waals surface area contributed by atoms with Crippen LogP contribution in [-0.4, -0.2) is 11.3 Å². The van der Waals surface area contributed by atoms with E-state index in [9.17, 15) is 13.9 Å². The van der Waals surface area contributed by atoms with E-state index in [1.165, 1.54) is 12.3 Å². The van der Waals surface area contributed by atoms with Gasteiger partial charge < -0.3 is 5.11 Å². The second kappa shape index (κ2) is 6.32. The monoisotopic (exact) mass is 404 g/mol. The second-order valence-corrected chi connectivity index (χ2v) is 5.59. The van der Waals surface area contributed by atoms with Crippen molar-refractivity contribution >= 4 is 43.8 Å². The van der Waals surface area contributed by atoms with Gasteiger partial charge in [-0.15, -0.1) is 0 Å². The zero-order valence-corrected chi connectivity index (χ0v) is 13.0. The van der Waals surface area contributed by atoms with Crippen LogP contribution in [0.1, 0.15) is 5.56 Å². The van der Waals surface area contributed by atoms with Gasteiger partial charge in [0.1, 0.15) is 11.6 Å². The molecule has 0 radical (unpaired) electrons. The van der Waals surface area contributed by atoms with E-state index in [1.54, 1.807) is 12.1 Å². The lowest BCUT2D eigenvalue weighted by Crippen LogP contribution is -1.95. The number of hydrogen-bond donors (Lipinski definition) is 2. The molecule has 0 aromatic heterocycles. The lowest BCUT2D eigenvalue weighted by molar-refractivity contribution is 0.471. The SMILES string of the molecule is Oc1c(Br)cc(Br)cc1C=NNc1ccc(F)cc1F. The molecule has 2 N–H and O–H groups in total. The molecule has 3 nitrogen and oxygen atoms in total. The molecule has 0 atom stereocenters. The summed E-state index contributed by atoms with van der Waals surface area (Å²) in [7, 11) is 0. The molecular formula is C13H8Br2F2N2O. The Hall–Kier alpha value is -1.47. The summed E-state index contributed by atoms with van der Waals surface area (Å²) in [5, 5.41) is 13.6. The van der Waals surface area contributed by atoms with Crippen molar-refractivity contribution in [3.8, 4) is 5.75 Å². The van der Waals surface area contributed by atoms with Crippen molar-refractivity contribution < 1.29 is 13.9 Å². The van der Waals surface area contributed by atoms with Gasteiger partial charge in [-0.3, -0.25) is 5.43 Å². The Morgan fingerprint density at radius 1 is 1.15 bits per heavy atom. The Morgan fingerprint density at radius 2 is 1.90 bits per heavy atom.